The van der Waals surface area contributed by atoms with E-state index in [1.807, 2.05) is 11.8 Å². The van der Waals surface area contributed by atoms with Crippen molar-refractivity contribution in [1.82, 2.24) is 0 Å². The quantitative estimate of drug-likeness (QED) is 0.671. The molecule has 0 spiro atoms. The Hall–Kier alpha value is 0.310. The standard InChI is InChI=1S/C9H21NS/c1-4-8(3)6-11-7-9(10)5-2/h8-9H,4-7,10H2,1-3H3/t8?,9-/m1/s1. The third-order valence-electron chi connectivity index (χ3n) is 1.96. The van der Waals surface area contributed by atoms with Crippen molar-refractivity contribution in [3.8, 4) is 0 Å². The van der Waals surface area contributed by atoms with E-state index in [0.717, 1.165) is 18.1 Å². The highest BCUT2D eigenvalue weighted by Gasteiger charge is 2.01. The second kappa shape index (κ2) is 6.99. The van der Waals surface area contributed by atoms with Crippen molar-refractivity contribution in [2.45, 2.75) is 39.7 Å². The summed E-state index contributed by atoms with van der Waals surface area (Å²) < 4.78 is 0. The Balaban J connectivity index is 3.13. The van der Waals surface area contributed by atoms with Gasteiger partial charge in [0.25, 0.3) is 0 Å². The van der Waals surface area contributed by atoms with Gasteiger partial charge in [0.1, 0.15) is 0 Å². The van der Waals surface area contributed by atoms with Crippen LogP contribution in [0.1, 0.15) is 33.6 Å². The summed E-state index contributed by atoms with van der Waals surface area (Å²) in [7, 11) is 0. The second-order valence-corrected chi connectivity index (χ2v) is 4.29. The van der Waals surface area contributed by atoms with E-state index in [1.165, 1.54) is 12.2 Å². The summed E-state index contributed by atoms with van der Waals surface area (Å²) in [5.74, 6) is 3.24. The number of nitrogens with two attached hydrogens (primary N) is 1. The molecule has 0 saturated carbocycles. The van der Waals surface area contributed by atoms with E-state index < -0.39 is 0 Å². The average molecular weight is 175 g/mol. The lowest BCUT2D eigenvalue weighted by atomic mass is 10.2. The van der Waals surface area contributed by atoms with E-state index in [9.17, 15) is 0 Å². The Morgan fingerprint density at radius 3 is 2.27 bits per heavy atom. The van der Waals surface area contributed by atoms with Gasteiger partial charge in [0.05, 0.1) is 0 Å². The van der Waals surface area contributed by atoms with Gasteiger partial charge in [-0.25, -0.2) is 0 Å². The molecule has 11 heavy (non-hydrogen) atoms. The Kier molecular flexibility index (Phi) is 7.18. The van der Waals surface area contributed by atoms with E-state index in [0.29, 0.717) is 6.04 Å². The molecule has 0 bridgehead atoms. The molecule has 0 amide bonds. The van der Waals surface area contributed by atoms with Crippen molar-refractivity contribution in [3.63, 3.8) is 0 Å². The van der Waals surface area contributed by atoms with Crippen LogP contribution >= 0.6 is 11.8 Å². The lowest BCUT2D eigenvalue weighted by molar-refractivity contribution is 0.635. The first-order valence-corrected chi connectivity index (χ1v) is 5.69. The Morgan fingerprint density at radius 1 is 1.18 bits per heavy atom. The van der Waals surface area contributed by atoms with Gasteiger partial charge >= 0.3 is 0 Å². The van der Waals surface area contributed by atoms with Crippen molar-refractivity contribution in [2.75, 3.05) is 11.5 Å². The van der Waals surface area contributed by atoms with E-state index in [2.05, 4.69) is 20.8 Å². The smallest absolute Gasteiger partial charge is 0.0127 e. The first-order chi connectivity index (χ1) is 5.20. The van der Waals surface area contributed by atoms with Crippen LogP contribution in [-0.4, -0.2) is 17.5 Å². The van der Waals surface area contributed by atoms with Gasteiger partial charge in [-0.15, -0.1) is 0 Å². The zero-order valence-corrected chi connectivity index (χ0v) is 8.79. The zero-order chi connectivity index (χ0) is 8.69. The molecular weight excluding hydrogens is 154 g/mol. The largest absolute Gasteiger partial charge is 0.327 e. The summed E-state index contributed by atoms with van der Waals surface area (Å²) in [6, 6.07) is 0.407. The highest BCUT2D eigenvalue weighted by atomic mass is 32.2. The molecule has 1 unspecified atom stereocenters. The first kappa shape index (κ1) is 11.3. The van der Waals surface area contributed by atoms with Gasteiger partial charge in [0, 0.05) is 11.8 Å². The maximum Gasteiger partial charge on any atom is 0.0127 e. The van der Waals surface area contributed by atoms with Gasteiger partial charge in [-0.05, 0) is 18.1 Å². The predicted octanol–water partition coefficient (Wildman–Crippen LogP) is 2.50. The normalized spacial score (nSPS) is 16.4. The molecule has 0 heterocycles. The van der Waals surface area contributed by atoms with Crippen LogP contribution < -0.4 is 5.73 Å². The minimum absolute atomic E-state index is 0.407. The molecule has 0 aliphatic heterocycles. The summed E-state index contributed by atoms with van der Waals surface area (Å²) in [5.41, 5.74) is 5.78. The molecule has 2 N–H and O–H groups in total. The lowest BCUT2D eigenvalue weighted by Gasteiger charge is -2.10. The molecular formula is C9H21NS. The molecule has 0 radical (unpaired) electrons. The SMILES string of the molecule is CCC(C)CSC[C@H](N)CC. The van der Waals surface area contributed by atoms with Crippen LogP contribution in [0.15, 0.2) is 0 Å². The molecule has 0 fully saturated rings. The van der Waals surface area contributed by atoms with Crippen LogP contribution in [0.3, 0.4) is 0 Å². The number of hydrogen-bond donors (Lipinski definition) is 1. The molecule has 1 nitrogen and oxygen atoms in total. The fraction of sp³-hybridized carbons (Fsp3) is 1.00. The molecule has 0 saturated heterocycles. The molecule has 0 aliphatic rings. The first-order valence-electron chi connectivity index (χ1n) is 4.54. The molecule has 0 aromatic heterocycles. The van der Waals surface area contributed by atoms with Crippen LogP contribution in [0.25, 0.3) is 0 Å². The molecule has 0 aliphatic carbocycles. The third-order valence-corrected chi connectivity index (χ3v) is 3.42. The molecule has 0 rings (SSSR count). The Labute approximate surface area is 75.1 Å². The highest BCUT2D eigenvalue weighted by Crippen LogP contribution is 2.12. The summed E-state index contributed by atoms with van der Waals surface area (Å²) in [6.45, 7) is 6.68. The van der Waals surface area contributed by atoms with Crippen molar-refractivity contribution in [2.24, 2.45) is 11.7 Å². The second-order valence-electron chi connectivity index (χ2n) is 3.22. The molecule has 0 aromatic rings. The Bertz CT molecular complexity index is 75.6. The molecule has 0 aromatic carbocycles. The van der Waals surface area contributed by atoms with Crippen LogP contribution in [0, 0.1) is 5.92 Å². The van der Waals surface area contributed by atoms with Crippen LogP contribution in [-0.2, 0) is 0 Å². The van der Waals surface area contributed by atoms with E-state index >= 15 is 0 Å². The number of hydrogen-bond acceptors (Lipinski definition) is 2. The summed E-state index contributed by atoms with van der Waals surface area (Å²) >= 11 is 1.99. The van der Waals surface area contributed by atoms with E-state index in [4.69, 9.17) is 5.73 Å². The van der Waals surface area contributed by atoms with Crippen molar-refractivity contribution < 1.29 is 0 Å². The van der Waals surface area contributed by atoms with Gasteiger partial charge in [-0.3, -0.25) is 0 Å². The van der Waals surface area contributed by atoms with Gasteiger partial charge in [-0.1, -0.05) is 27.2 Å². The fourth-order valence-electron chi connectivity index (χ4n) is 0.656. The monoisotopic (exact) mass is 175 g/mol. The van der Waals surface area contributed by atoms with E-state index in [-0.39, 0.29) is 0 Å². The maximum absolute atomic E-state index is 5.78. The maximum atomic E-state index is 5.78. The zero-order valence-electron chi connectivity index (χ0n) is 7.97. The summed E-state index contributed by atoms with van der Waals surface area (Å²) in [4.78, 5) is 0. The van der Waals surface area contributed by atoms with Crippen LogP contribution in [0.2, 0.25) is 0 Å². The minimum atomic E-state index is 0.407. The fourth-order valence-corrected chi connectivity index (χ4v) is 1.97. The summed E-state index contributed by atoms with van der Waals surface area (Å²) in [6.07, 6.45) is 2.39. The van der Waals surface area contributed by atoms with Crippen LogP contribution in [0.5, 0.6) is 0 Å². The number of rotatable bonds is 6. The van der Waals surface area contributed by atoms with Crippen molar-refractivity contribution in [1.29, 1.82) is 0 Å². The van der Waals surface area contributed by atoms with Gasteiger partial charge < -0.3 is 5.73 Å². The average Bonchev–Trinajstić information content (AvgIpc) is 2.04. The summed E-state index contributed by atoms with van der Waals surface area (Å²) in [5, 5.41) is 0. The van der Waals surface area contributed by atoms with Gasteiger partial charge in [0.2, 0.25) is 0 Å². The predicted molar refractivity (Wildman–Crippen MR) is 55.0 cm³/mol. The Morgan fingerprint density at radius 2 is 1.82 bits per heavy atom. The molecule has 2 heteroatoms. The molecule has 68 valence electrons. The van der Waals surface area contributed by atoms with Gasteiger partial charge in [-0.2, -0.15) is 11.8 Å². The highest BCUT2D eigenvalue weighted by molar-refractivity contribution is 7.99. The van der Waals surface area contributed by atoms with Crippen LogP contribution in [0.4, 0.5) is 0 Å². The van der Waals surface area contributed by atoms with Gasteiger partial charge in [0.15, 0.2) is 0 Å². The van der Waals surface area contributed by atoms with Crippen molar-refractivity contribution >= 4 is 11.8 Å². The van der Waals surface area contributed by atoms with E-state index in [1.54, 1.807) is 0 Å². The lowest BCUT2D eigenvalue weighted by Crippen LogP contribution is -2.21. The minimum Gasteiger partial charge on any atom is -0.327 e. The molecule has 2 atom stereocenters. The van der Waals surface area contributed by atoms with Crippen molar-refractivity contribution in [3.05, 3.63) is 0 Å². The topological polar surface area (TPSA) is 26.0 Å². The number of thioether (sulfide) groups is 1. The third kappa shape index (κ3) is 6.70.